The molecule has 0 bridgehead atoms. The fourth-order valence-electron chi connectivity index (χ4n) is 2.93. The number of halogens is 3. The van der Waals surface area contributed by atoms with Gasteiger partial charge in [-0.25, -0.2) is 4.98 Å². The van der Waals surface area contributed by atoms with Crippen LogP contribution in [0, 0.1) is 6.92 Å². The molecule has 0 saturated heterocycles. The van der Waals surface area contributed by atoms with Gasteiger partial charge in [-0.2, -0.15) is 18.2 Å². The molecule has 29 heavy (non-hydrogen) atoms. The third kappa shape index (κ3) is 4.67. The predicted molar refractivity (Wildman–Crippen MR) is 110 cm³/mol. The molecule has 1 aromatic heterocycles. The van der Waals surface area contributed by atoms with Crippen LogP contribution >= 0.6 is 0 Å². The van der Waals surface area contributed by atoms with Crippen LogP contribution in [0.4, 0.5) is 36.3 Å². The highest BCUT2D eigenvalue weighted by Gasteiger charge is 2.36. The van der Waals surface area contributed by atoms with Gasteiger partial charge in [0.2, 0.25) is 5.95 Å². The summed E-state index contributed by atoms with van der Waals surface area (Å²) in [5.41, 5.74) is 2.52. The second-order valence-electron chi connectivity index (χ2n) is 7.17. The Kier molecular flexibility index (Phi) is 5.77. The van der Waals surface area contributed by atoms with Crippen molar-refractivity contribution in [3.8, 4) is 0 Å². The topological polar surface area (TPSA) is 41.1 Å². The van der Waals surface area contributed by atoms with Crippen LogP contribution in [0.5, 0.6) is 0 Å². The molecule has 3 rings (SSSR count). The van der Waals surface area contributed by atoms with Crippen molar-refractivity contribution in [2.45, 2.75) is 32.9 Å². The molecule has 0 spiro atoms. The van der Waals surface area contributed by atoms with E-state index in [4.69, 9.17) is 0 Å². The number of para-hydroxylation sites is 1. The summed E-state index contributed by atoms with van der Waals surface area (Å²) in [6.45, 7) is 6.03. The van der Waals surface area contributed by atoms with E-state index in [0.29, 0.717) is 11.6 Å². The summed E-state index contributed by atoms with van der Waals surface area (Å²) in [7, 11) is 1.57. The lowest BCUT2D eigenvalue weighted by atomic mass is 10.0. The van der Waals surface area contributed by atoms with E-state index in [1.54, 1.807) is 19.2 Å². The smallest absolute Gasteiger partial charge is 0.329 e. The predicted octanol–water partition coefficient (Wildman–Crippen LogP) is 6.44. The van der Waals surface area contributed by atoms with Crippen LogP contribution in [-0.4, -0.2) is 17.0 Å². The van der Waals surface area contributed by atoms with E-state index in [1.807, 2.05) is 43.3 Å². The molecule has 0 fully saturated rings. The van der Waals surface area contributed by atoms with Gasteiger partial charge in [0.1, 0.15) is 5.56 Å². The van der Waals surface area contributed by atoms with Gasteiger partial charge in [0.25, 0.3) is 0 Å². The molecule has 7 heteroatoms. The van der Waals surface area contributed by atoms with Crippen LogP contribution in [-0.2, 0) is 6.18 Å². The second-order valence-corrected chi connectivity index (χ2v) is 7.17. The van der Waals surface area contributed by atoms with Crippen LogP contribution in [0.1, 0.15) is 36.5 Å². The minimum absolute atomic E-state index is 0.105. The molecule has 4 nitrogen and oxygen atoms in total. The second kappa shape index (κ2) is 8.11. The van der Waals surface area contributed by atoms with Gasteiger partial charge < -0.3 is 10.2 Å². The first-order valence-electron chi connectivity index (χ1n) is 9.27. The van der Waals surface area contributed by atoms with Crippen LogP contribution < -0.4 is 10.2 Å². The number of benzene rings is 2. The van der Waals surface area contributed by atoms with Gasteiger partial charge in [0.15, 0.2) is 5.82 Å². The molecule has 0 radical (unpaired) electrons. The Balaban J connectivity index is 2.01. The molecular weight excluding hydrogens is 377 g/mol. The third-order valence-electron chi connectivity index (χ3n) is 4.73. The number of nitrogens with zero attached hydrogens (tertiary/aromatic N) is 3. The fraction of sp³-hybridized carbons (Fsp3) is 0.273. The van der Waals surface area contributed by atoms with Crippen molar-refractivity contribution in [2.75, 3.05) is 17.3 Å². The molecule has 0 saturated carbocycles. The number of hydrogen-bond donors (Lipinski definition) is 1. The van der Waals surface area contributed by atoms with Gasteiger partial charge in [-0.05, 0) is 42.2 Å². The molecule has 1 N–H and O–H groups in total. The number of anilines is 4. The number of alkyl halides is 3. The Morgan fingerprint density at radius 1 is 1.00 bits per heavy atom. The van der Waals surface area contributed by atoms with Crippen molar-refractivity contribution in [1.29, 1.82) is 0 Å². The Hall–Kier alpha value is -3.09. The van der Waals surface area contributed by atoms with E-state index in [-0.39, 0.29) is 11.8 Å². The monoisotopic (exact) mass is 400 g/mol. The zero-order valence-corrected chi connectivity index (χ0v) is 16.7. The zero-order valence-electron chi connectivity index (χ0n) is 16.7. The molecule has 0 aliphatic rings. The maximum Gasteiger partial charge on any atom is 0.421 e. The van der Waals surface area contributed by atoms with E-state index >= 15 is 0 Å². The summed E-state index contributed by atoms with van der Waals surface area (Å²) in [5.74, 6) is 0.234. The number of hydrogen-bond acceptors (Lipinski definition) is 4. The minimum Gasteiger partial charge on any atom is -0.329 e. The van der Waals surface area contributed by atoms with Crippen molar-refractivity contribution < 1.29 is 13.2 Å². The number of nitrogens with one attached hydrogen (secondary N) is 1. The van der Waals surface area contributed by atoms with Gasteiger partial charge in [-0.3, -0.25) is 0 Å². The lowest BCUT2D eigenvalue weighted by molar-refractivity contribution is -0.137. The molecule has 3 aromatic rings. The standard InChI is InChI=1S/C22H23F3N4/c1-14(2)16-9-11-17(12-10-16)29(4)20-18(22(23,24)25)13-26-21(28-20)27-19-8-6-5-7-15(19)3/h5-14H,1-4H3,(H,26,27,28). The first kappa shape index (κ1) is 20.6. The normalized spacial score (nSPS) is 11.6. The van der Waals surface area contributed by atoms with Gasteiger partial charge in [-0.1, -0.05) is 44.2 Å². The van der Waals surface area contributed by atoms with E-state index < -0.39 is 11.7 Å². The first-order chi connectivity index (χ1) is 13.7. The van der Waals surface area contributed by atoms with Gasteiger partial charge in [0.05, 0.1) is 0 Å². The summed E-state index contributed by atoms with van der Waals surface area (Å²) >= 11 is 0. The molecule has 0 aliphatic carbocycles. The number of aryl methyl sites for hydroxylation is 1. The van der Waals surface area contributed by atoms with Crippen LogP contribution in [0.15, 0.2) is 54.7 Å². The Morgan fingerprint density at radius 3 is 2.24 bits per heavy atom. The molecule has 1 heterocycles. The maximum absolute atomic E-state index is 13.6. The Bertz CT molecular complexity index is 982. The van der Waals surface area contributed by atoms with Gasteiger partial charge in [-0.15, -0.1) is 0 Å². The van der Waals surface area contributed by atoms with Crippen molar-refractivity contribution in [3.63, 3.8) is 0 Å². The molecule has 152 valence electrons. The third-order valence-corrected chi connectivity index (χ3v) is 4.73. The fourth-order valence-corrected chi connectivity index (χ4v) is 2.93. The summed E-state index contributed by atoms with van der Waals surface area (Å²) in [6, 6.07) is 14.9. The lowest BCUT2D eigenvalue weighted by Crippen LogP contribution is -2.19. The van der Waals surface area contributed by atoms with Crippen LogP contribution in [0.3, 0.4) is 0 Å². The van der Waals surface area contributed by atoms with Gasteiger partial charge in [0, 0.05) is 24.6 Å². The summed E-state index contributed by atoms with van der Waals surface area (Å²) in [5, 5.41) is 3.01. The van der Waals surface area contributed by atoms with Crippen molar-refractivity contribution in [3.05, 3.63) is 71.4 Å². The average Bonchev–Trinajstić information content (AvgIpc) is 2.68. The first-order valence-corrected chi connectivity index (χ1v) is 9.27. The summed E-state index contributed by atoms with van der Waals surface area (Å²) in [6.07, 6.45) is -3.75. The van der Waals surface area contributed by atoms with Crippen molar-refractivity contribution in [1.82, 2.24) is 9.97 Å². The lowest BCUT2D eigenvalue weighted by Gasteiger charge is -2.23. The molecular formula is C22H23F3N4. The highest BCUT2D eigenvalue weighted by atomic mass is 19.4. The highest BCUT2D eigenvalue weighted by Crippen LogP contribution is 2.38. The Morgan fingerprint density at radius 2 is 1.66 bits per heavy atom. The molecule has 2 aromatic carbocycles. The number of aromatic nitrogens is 2. The maximum atomic E-state index is 13.6. The van der Waals surface area contributed by atoms with Crippen molar-refractivity contribution >= 4 is 23.1 Å². The van der Waals surface area contributed by atoms with E-state index in [2.05, 4.69) is 29.1 Å². The highest BCUT2D eigenvalue weighted by molar-refractivity contribution is 5.66. The van der Waals surface area contributed by atoms with E-state index in [9.17, 15) is 13.2 Å². The Labute approximate surface area is 168 Å². The quantitative estimate of drug-likeness (QED) is 0.535. The number of rotatable bonds is 5. The minimum atomic E-state index is -4.57. The van der Waals surface area contributed by atoms with Crippen LogP contribution in [0.25, 0.3) is 0 Å². The SMILES string of the molecule is Cc1ccccc1Nc1ncc(C(F)(F)F)c(N(C)c2ccc(C(C)C)cc2)n1. The van der Waals surface area contributed by atoms with Gasteiger partial charge >= 0.3 is 6.18 Å². The van der Waals surface area contributed by atoms with Crippen LogP contribution in [0.2, 0.25) is 0 Å². The molecule has 0 aliphatic heterocycles. The summed E-state index contributed by atoms with van der Waals surface area (Å²) in [4.78, 5) is 9.51. The van der Waals surface area contributed by atoms with Crippen molar-refractivity contribution in [2.24, 2.45) is 0 Å². The van der Waals surface area contributed by atoms with E-state index in [1.165, 1.54) is 4.90 Å². The molecule has 0 atom stereocenters. The summed E-state index contributed by atoms with van der Waals surface area (Å²) < 4.78 is 40.8. The zero-order chi connectivity index (χ0) is 21.2. The van der Waals surface area contributed by atoms with E-state index in [0.717, 1.165) is 23.0 Å². The largest absolute Gasteiger partial charge is 0.421 e. The molecule has 0 unspecified atom stereocenters. The average molecular weight is 400 g/mol. The molecule has 0 amide bonds.